The fourth-order valence-corrected chi connectivity index (χ4v) is 3.71. The maximum atomic E-state index is 5.39. The summed E-state index contributed by atoms with van der Waals surface area (Å²) < 4.78 is 2.57. The quantitative estimate of drug-likeness (QED) is 0.745. The van der Waals surface area contributed by atoms with Gasteiger partial charge in [0, 0.05) is 13.1 Å². The third kappa shape index (κ3) is 2.65. The molecule has 3 heterocycles. The first kappa shape index (κ1) is 13.9. The van der Waals surface area contributed by atoms with E-state index in [4.69, 9.17) is 12.2 Å². The van der Waals surface area contributed by atoms with Crippen LogP contribution in [-0.4, -0.2) is 26.2 Å². The molecule has 0 bridgehead atoms. The summed E-state index contributed by atoms with van der Waals surface area (Å²) in [6.45, 7) is 2.77. The number of hydrogen-bond donors (Lipinski definition) is 1. The highest BCUT2D eigenvalue weighted by atomic mass is 32.1. The molecule has 1 aromatic carbocycles. The predicted octanol–water partition coefficient (Wildman–Crippen LogP) is 3.68. The van der Waals surface area contributed by atoms with Gasteiger partial charge in [-0.1, -0.05) is 30.3 Å². The topological polar surface area (TPSA) is 36.9 Å². The summed E-state index contributed by atoms with van der Waals surface area (Å²) in [5.74, 6) is 0.859. The lowest BCUT2D eigenvalue weighted by Gasteiger charge is -2.28. The highest BCUT2D eigenvalue weighted by Gasteiger charge is 2.16. The number of H-pyrrole nitrogens is 1. The van der Waals surface area contributed by atoms with Crippen molar-refractivity contribution in [2.24, 2.45) is 0 Å². The Hall–Kier alpha value is -1.76. The van der Waals surface area contributed by atoms with Gasteiger partial charge < -0.3 is 0 Å². The minimum atomic E-state index is 0.613. The molecular formula is C16H16N4S2. The van der Waals surface area contributed by atoms with E-state index in [2.05, 4.69) is 45.3 Å². The minimum Gasteiger partial charge on any atom is -0.280 e. The highest BCUT2D eigenvalue weighted by Crippen LogP contribution is 2.22. The van der Waals surface area contributed by atoms with Crippen LogP contribution in [0.15, 0.2) is 41.8 Å². The van der Waals surface area contributed by atoms with Gasteiger partial charge in [0.1, 0.15) is 0 Å². The standard InChI is InChI=1S/C16H16N4S2/c21-16-17-15(14-6-3-9-22-14)18-20(16)11-19-8-7-12-4-1-2-5-13(12)10-19/h1-6,9H,7-8,10-11H2,(H,17,18,21). The van der Waals surface area contributed by atoms with Crippen molar-refractivity contribution in [2.75, 3.05) is 6.54 Å². The van der Waals surface area contributed by atoms with Crippen LogP contribution >= 0.6 is 23.6 Å². The molecule has 0 saturated carbocycles. The second-order valence-corrected chi connectivity index (χ2v) is 6.79. The van der Waals surface area contributed by atoms with Crippen molar-refractivity contribution in [3.63, 3.8) is 0 Å². The molecule has 4 nitrogen and oxygen atoms in total. The maximum Gasteiger partial charge on any atom is 0.217 e. The van der Waals surface area contributed by atoms with Crippen LogP contribution in [0.1, 0.15) is 11.1 Å². The molecule has 22 heavy (non-hydrogen) atoms. The fourth-order valence-electron chi connectivity index (χ4n) is 2.85. The van der Waals surface area contributed by atoms with Crippen LogP contribution in [0.25, 0.3) is 10.7 Å². The van der Waals surface area contributed by atoms with E-state index in [1.54, 1.807) is 11.3 Å². The third-order valence-electron chi connectivity index (χ3n) is 3.98. The molecule has 0 unspecified atom stereocenters. The van der Waals surface area contributed by atoms with Gasteiger partial charge in [0.2, 0.25) is 4.77 Å². The van der Waals surface area contributed by atoms with Gasteiger partial charge in [-0.3, -0.25) is 10.00 Å². The SMILES string of the molecule is S=c1nc(-c2cccs2)[nH]n1CN1CCc2ccccc2C1. The number of aromatic amines is 1. The van der Waals surface area contributed by atoms with Crippen LogP contribution in [0.4, 0.5) is 0 Å². The zero-order valence-electron chi connectivity index (χ0n) is 12.0. The molecule has 4 rings (SSSR count). The Bertz CT molecular complexity index is 832. The zero-order valence-corrected chi connectivity index (χ0v) is 13.7. The molecule has 112 valence electrons. The molecule has 0 aliphatic carbocycles. The van der Waals surface area contributed by atoms with Crippen LogP contribution < -0.4 is 0 Å². The second kappa shape index (κ2) is 5.79. The maximum absolute atomic E-state index is 5.39. The van der Waals surface area contributed by atoms with Gasteiger partial charge in [-0.2, -0.15) is 4.98 Å². The number of benzene rings is 1. The fraction of sp³-hybridized carbons (Fsp3) is 0.250. The highest BCUT2D eigenvalue weighted by molar-refractivity contribution is 7.71. The number of hydrogen-bond acceptors (Lipinski definition) is 4. The van der Waals surface area contributed by atoms with Crippen molar-refractivity contribution in [1.29, 1.82) is 0 Å². The predicted molar refractivity (Wildman–Crippen MR) is 91.3 cm³/mol. The Morgan fingerprint density at radius 2 is 2.05 bits per heavy atom. The third-order valence-corrected chi connectivity index (χ3v) is 5.17. The largest absolute Gasteiger partial charge is 0.280 e. The van der Waals surface area contributed by atoms with Crippen LogP contribution in [0.5, 0.6) is 0 Å². The van der Waals surface area contributed by atoms with E-state index >= 15 is 0 Å². The molecule has 3 aromatic rings. The summed E-state index contributed by atoms with van der Waals surface area (Å²) in [6.07, 6.45) is 1.09. The van der Waals surface area contributed by atoms with E-state index in [0.29, 0.717) is 4.77 Å². The number of rotatable bonds is 3. The minimum absolute atomic E-state index is 0.613. The average molecular weight is 328 g/mol. The lowest BCUT2D eigenvalue weighted by molar-refractivity contribution is 0.188. The number of nitrogens with one attached hydrogen (secondary N) is 1. The molecular weight excluding hydrogens is 312 g/mol. The summed E-state index contributed by atoms with van der Waals surface area (Å²) in [6, 6.07) is 12.7. The molecule has 0 fully saturated rings. The van der Waals surface area contributed by atoms with Crippen LogP contribution in [0, 0.1) is 4.77 Å². The van der Waals surface area contributed by atoms with E-state index in [0.717, 1.165) is 36.9 Å². The molecule has 6 heteroatoms. The van der Waals surface area contributed by atoms with Crippen molar-refractivity contribution in [3.05, 3.63) is 57.7 Å². The van der Waals surface area contributed by atoms with Crippen LogP contribution in [-0.2, 0) is 19.6 Å². The molecule has 0 spiro atoms. The number of nitrogens with zero attached hydrogens (tertiary/aromatic N) is 3. The summed E-state index contributed by atoms with van der Waals surface area (Å²) >= 11 is 7.06. The summed E-state index contributed by atoms with van der Waals surface area (Å²) in [5, 5.41) is 5.37. The Kier molecular flexibility index (Phi) is 3.65. The van der Waals surface area contributed by atoms with Gasteiger partial charge in [0.05, 0.1) is 11.5 Å². The van der Waals surface area contributed by atoms with E-state index < -0.39 is 0 Å². The Morgan fingerprint density at radius 3 is 2.86 bits per heavy atom. The van der Waals surface area contributed by atoms with Gasteiger partial charge in [-0.25, -0.2) is 4.68 Å². The van der Waals surface area contributed by atoms with Crippen molar-refractivity contribution in [2.45, 2.75) is 19.6 Å². The Morgan fingerprint density at radius 1 is 1.18 bits per heavy atom. The lowest BCUT2D eigenvalue weighted by atomic mass is 10.0. The second-order valence-electron chi connectivity index (χ2n) is 5.47. The molecule has 0 atom stereocenters. The van der Waals surface area contributed by atoms with E-state index in [-0.39, 0.29) is 0 Å². The van der Waals surface area contributed by atoms with Crippen molar-refractivity contribution < 1.29 is 0 Å². The Balaban J connectivity index is 1.54. The first-order chi connectivity index (χ1) is 10.8. The first-order valence-electron chi connectivity index (χ1n) is 7.29. The number of aromatic nitrogens is 3. The Labute approximate surface area is 138 Å². The van der Waals surface area contributed by atoms with Gasteiger partial charge in [-0.05, 0) is 41.2 Å². The number of fused-ring (bicyclic) bond motifs is 1. The van der Waals surface area contributed by atoms with E-state index in [1.165, 1.54) is 11.1 Å². The van der Waals surface area contributed by atoms with Crippen molar-refractivity contribution in [1.82, 2.24) is 19.7 Å². The van der Waals surface area contributed by atoms with Gasteiger partial charge in [-0.15, -0.1) is 11.3 Å². The lowest BCUT2D eigenvalue weighted by Crippen LogP contribution is -2.32. The smallest absolute Gasteiger partial charge is 0.217 e. The molecule has 1 aliphatic heterocycles. The van der Waals surface area contributed by atoms with Crippen molar-refractivity contribution >= 4 is 23.6 Å². The average Bonchev–Trinajstić information content (AvgIpc) is 3.18. The zero-order chi connectivity index (χ0) is 14.9. The number of thiophene rings is 1. The molecule has 0 radical (unpaired) electrons. The van der Waals surface area contributed by atoms with Gasteiger partial charge >= 0.3 is 0 Å². The van der Waals surface area contributed by atoms with Gasteiger partial charge in [0.25, 0.3) is 0 Å². The monoisotopic (exact) mass is 328 g/mol. The molecule has 0 saturated heterocycles. The summed E-state index contributed by atoms with van der Waals surface area (Å²) in [4.78, 5) is 7.99. The molecule has 1 N–H and O–H groups in total. The summed E-state index contributed by atoms with van der Waals surface area (Å²) in [5.41, 5.74) is 2.88. The first-order valence-corrected chi connectivity index (χ1v) is 8.58. The van der Waals surface area contributed by atoms with Crippen LogP contribution in [0.2, 0.25) is 0 Å². The van der Waals surface area contributed by atoms with Gasteiger partial charge in [0.15, 0.2) is 5.82 Å². The van der Waals surface area contributed by atoms with E-state index in [1.807, 2.05) is 16.1 Å². The summed E-state index contributed by atoms with van der Waals surface area (Å²) in [7, 11) is 0. The van der Waals surface area contributed by atoms with E-state index in [9.17, 15) is 0 Å². The molecule has 2 aromatic heterocycles. The molecule has 1 aliphatic rings. The molecule has 0 amide bonds. The normalized spacial score (nSPS) is 14.9. The van der Waals surface area contributed by atoms with Crippen molar-refractivity contribution in [3.8, 4) is 10.7 Å². The van der Waals surface area contributed by atoms with Crippen LogP contribution in [0.3, 0.4) is 0 Å².